The lowest BCUT2D eigenvalue weighted by Gasteiger charge is -2.21. The zero-order valence-electron chi connectivity index (χ0n) is 13.8. The SMILES string of the molecule is CC(C)(C)OC(=O)NS(=O)(=O)c1ccc(OC(C)(C)C)cc1. The standard InChI is InChI=1S/C15H23NO5S/c1-14(2,3)20-11-7-9-12(10-8-11)22(18,19)16-13(17)21-15(4,5)6/h7-10H,1-6H3,(H,16,17). The van der Waals surface area contributed by atoms with Crippen LogP contribution in [0.5, 0.6) is 5.75 Å². The van der Waals surface area contributed by atoms with Gasteiger partial charge in [-0.1, -0.05) is 0 Å². The van der Waals surface area contributed by atoms with Crippen molar-refractivity contribution >= 4 is 16.1 Å². The van der Waals surface area contributed by atoms with Gasteiger partial charge in [-0.3, -0.25) is 0 Å². The van der Waals surface area contributed by atoms with E-state index in [0.717, 1.165) is 0 Å². The minimum Gasteiger partial charge on any atom is -0.488 e. The van der Waals surface area contributed by atoms with Gasteiger partial charge in [0.1, 0.15) is 17.0 Å². The van der Waals surface area contributed by atoms with Crippen molar-refractivity contribution in [2.45, 2.75) is 57.6 Å². The predicted molar refractivity (Wildman–Crippen MR) is 83.4 cm³/mol. The summed E-state index contributed by atoms with van der Waals surface area (Å²) < 4.78 is 36.6. The third-order valence-corrected chi connectivity index (χ3v) is 3.50. The number of hydrogen-bond donors (Lipinski definition) is 1. The molecule has 1 aromatic rings. The van der Waals surface area contributed by atoms with Crippen LogP contribution in [0, 0.1) is 0 Å². The van der Waals surface area contributed by atoms with Crippen molar-refractivity contribution in [3.63, 3.8) is 0 Å². The van der Waals surface area contributed by atoms with Crippen molar-refractivity contribution in [2.24, 2.45) is 0 Å². The zero-order valence-corrected chi connectivity index (χ0v) is 14.6. The normalized spacial score (nSPS) is 12.6. The first-order valence-electron chi connectivity index (χ1n) is 6.83. The Bertz CT molecular complexity index is 621. The van der Waals surface area contributed by atoms with Gasteiger partial charge in [0.2, 0.25) is 0 Å². The van der Waals surface area contributed by atoms with Crippen LogP contribution in [0.25, 0.3) is 0 Å². The molecule has 0 heterocycles. The highest BCUT2D eigenvalue weighted by Crippen LogP contribution is 2.20. The van der Waals surface area contributed by atoms with Gasteiger partial charge in [0.25, 0.3) is 10.0 Å². The van der Waals surface area contributed by atoms with Crippen molar-refractivity contribution in [1.82, 2.24) is 4.72 Å². The van der Waals surface area contributed by atoms with Crippen molar-refractivity contribution < 1.29 is 22.7 Å². The van der Waals surface area contributed by atoms with E-state index >= 15 is 0 Å². The Morgan fingerprint density at radius 3 is 1.86 bits per heavy atom. The largest absolute Gasteiger partial charge is 0.488 e. The molecule has 0 aliphatic heterocycles. The third-order valence-electron chi connectivity index (χ3n) is 2.17. The summed E-state index contributed by atoms with van der Waals surface area (Å²) in [5.41, 5.74) is -1.15. The Labute approximate surface area is 131 Å². The summed E-state index contributed by atoms with van der Waals surface area (Å²) in [6, 6.07) is 5.81. The number of sulfonamides is 1. The number of carbonyl (C=O) groups excluding carboxylic acids is 1. The molecule has 1 N–H and O–H groups in total. The minimum absolute atomic E-state index is 0.0420. The van der Waals surface area contributed by atoms with Gasteiger partial charge >= 0.3 is 6.09 Å². The fourth-order valence-corrected chi connectivity index (χ4v) is 2.38. The molecule has 0 aromatic heterocycles. The van der Waals surface area contributed by atoms with Crippen LogP contribution in [0.15, 0.2) is 29.2 Å². The van der Waals surface area contributed by atoms with Crippen LogP contribution < -0.4 is 9.46 Å². The van der Waals surface area contributed by atoms with Crippen molar-refractivity contribution in [3.05, 3.63) is 24.3 Å². The van der Waals surface area contributed by atoms with E-state index in [1.807, 2.05) is 25.5 Å². The molecule has 1 aromatic carbocycles. The van der Waals surface area contributed by atoms with E-state index in [1.54, 1.807) is 20.8 Å². The Hall–Kier alpha value is -1.76. The molecule has 0 atom stereocenters. The van der Waals surface area contributed by atoms with Gasteiger partial charge in [-0.15, -0.1) is 0 Å². The summed E-state index contributed by atoms with van der Waals surface area (Å²) in [6.45, 7) is 10.6. The maximum Gasteiger partial charge on any atom is 0.421 e. The Morgan fingerprint density at radius 2 is 1.45 bits per heavy atom. The lowest BCUT2D eigenvalue weighted by molar-refractivity contribution is 0.0570. The van der Waals surface area contributed by atoms with E-state index < -0.39 is 21.7 Å². The number of benzene rings is 1. The lowest BCUT2D eigenvalue weighted by Crippen LogP contribution is -2.36. The van der Waals surface area contributed by atoms with Crippen LogP contribution in [0.1, 0.15) is 41.5 Å². The van der Waals surface area contributed by atoms with E-state index in [4.69, 9.17) is 9.47 Å². The monoisotopic (exact) mass is 329 g/mol. The van der Waals surface area contributed by atoms with Gasteiger partial charge in [-0.2, -0.15) is 0 Å². The van der Waals surface area contributed by atoms with Crippen molar-refractivity contribution in [3.8, 4) is 5.75 Å². The molecular formula is C15H23NO5S. The molecule has 0 bridgehead atoms. The average molecular weight is 329 g/mol. The Kier molecular flexibility index (Phi) is 5.12. The molecule has 7 heteroatoms. The molecule has 0 radical (unpaired) electrons. The number of carbonyl (C=O) groups is 1. The fraction of sp³-hybridized carbons (Fsp3) is 0.533. The molecule has 6 nitrogen and oxygen atoms in total. The van der Waals surface area contributed by atoms with Gasteiger partial charge in [0.15, 0.2) is 0 Å². The van der Waals surface area contributed by atoms with E-state index in [2.05, 4.69) is 0 Å². The summed E-state index contributed by atoms with van der Waals surface area (Å²) >= 11 is 0. The molecule has 0 aliphatic carbocycles. The lowest BCUT2D eigenvalue weighted by atomic mass is 10.2. The topological polar surface area (TPSA) is 81.7 Å². The molecule has 0 unspecified atom stereocenters. The summed E-state index contributed by atoms with van der Waals surface area (Å²) in [7, 11) is -3.97. The van der Waals surface area contributed by atoms with Gasteiger partial charge in [-0.05, 0) is 65.8 Å². The van der Waals surface area contributed by atoms with Crippen molar-refractivity contribution in [1.29, 1.82) is 0 Å². The van der Waals surface area contributed by atoms with E-state index in [0.29, 0.717) is 5.75 Å². The van der Waals surface area contributed by atoms with Gasteiger partial charge in [0.05, 0.1) is 4.90 Å². The smallest absolute Gasteiger partial charge is 0.421 e. The second kappa shape index (κ2) is 6.16. The van der Waals surface area contributed by atoms with Crippen LogP contribution in [0.2, 0.25) is 0 Å². The molecule has 1 amide bonds. The van der Waals surface area contributed by atoms with Crippen LogP contribution in [-0.4, -0.2) is 25.7 Å². The Balaban J connectivity index is 2.84. The average Bonchev–Trinajstić information content (AvgIpc) is 2.23. The van der Waals surface area contributed by atoms with Crippen LogP contribution in [0.3, 0.4) is 0 Å². The molecule has 0 fully saturated rings. The number of ether oxygens (including phenoxy) is 2. The molecular weight excluding hydrogens is 306 g/mol. The van der Waals surface area contributed by atoms with E-state index in [-0.39, 0.29) is 10.5 Å². The molecule has 124 valence electrons. The highest BCUT2D eigenvalue weighted by Gasteiger charge is 2.23. The number of amides is 1. The summed E-state index contributed by atoms with van der Waals surface area (Å²) in [4.78, 5) is 11.5. The first kappa shape index (κ1) is 18.3. The fourth-order valence-electron chi connectivity index (χ4n) is 1.51. The first-order valence-corrected chi connectivity index (χ1v) is 8.32. The zero-order chi connectivity index (χ0) is 17.2. The molecule has 0 saturated heterocycles. The predicted octanol–water partition coefficient (Wildman–Crippen LogP) is 3.08. The van der Waals surface area contributed by atoms with Crippen LogP contribution in [-0.2, 0) is 14.8 Å². The molecule has 0 spiro atoms. The summed E-state index contributed by atoms with van der Waals surface area (Å²) in [6.07, 6.45) is -1.01. The van der Waals surface area contributed by atoms with E-state index in [9.17, 15) is 13.2 Å². The quantitative estimate of drug-likeness (QED) is 0.921. The third kappa shape index (κ3) is 6.34. The molecule has 0 saturated carbocycles. The van der Waals surface area contributed by atoms with Crippen molar-refractivity contribution in [2.75, 3.05) is 0 Å². The van der Waals surface area contributed by atoms with Gasteiger partial charge in [0, 0.05) is 0 Å². The maximum atomic E-state index is 12.1. The molecule has 22 heavy (non-hydrogen) atoms. The number of nitrogens with one attached hydrogen (secondary N) is 1. The van der Waals surface area contributed by atoms with Gasteiger partial charge < -0.3 is 9.47 Å². The second-order valence-corrected chi connectivity index (χ2v) is 8.48. The van der Waals surface area contributed by atoms with Crippen LogP contribution >= 0.6 is 0 Å². The molecule has 0 aliphatic rings. The summed E-state index contributed by atoms with van der Waals surface area (Å²) in [5, 5.41) is 0. The highest BCUT2D eigenvalue weighted by molar-refractivity contribution is 7.90. The maximum absolute atomic E-state index is 12.1. The Morgan fingerprint density at radius 1 is 0.955 bits per heavy atom. The number of hydrogen-bond acceptors (Lipinski definition) is 5. The van der Waals surface area contributed by atoms with Crippen LogP contribution in [0.4, 0.5) is 4.79 Å². The minimum atomic E-state index is -3.97. The first-order chi connectivity index (χ1) is 9.78. The molecule has 1 rings (SSSR count). The van der Waals surface area contributed by atoms with E-state index in [1.165, 1.54) is 24.3 Å². The number of rotatable bonds is 3. The van der Waals surface area contributed by atoms with Gasteiger partial charge in [-0.25, -0.2) is 17.9 Å². The summed E-state index contributed by atoms with van der Waals surface area (Å²) in [5.74, 6) is 0.545. The highest BCUT2D eigenvalue weighted by atomic mass is 32.2. The second-order valence-electron chi connectivity index (χ2n) is 6.79.